The van der Waals surface area contributed by atoms with Gasteiger partial charge in [0.25, 0.3) is 5.56 Å². The number of nitrogens with zero attached hydrogens (tertiary/aromatic N) is 4. The van der Waals surface area contributed by atoms with Gasteiger partial charge in [0.05, 0.1) is 0 Å². The van der Waals surface area contributed by atoms with Gasteiger partial charge in [0.1, 0.15) is 5.82 Å². The molecule has 1 saturated heterocycles. The average molecular weight is 370 g/mol. The van der Waals surface area contributed by atoms with Crippen LogP contribution in [0.3, 0.4) is 0 Å². The van der Waals surface area contributed by atoms with Gasteiger partial charge in [-0.05, 0) is 51.3 Å². The first kappa shape index (κ1) is 18.9. The minimum atomic E-state index is -0.253. The number of pyridine rings is 1. The standard InChI is InChI=1S/C19H26N6O2/c1-4-24-10-7-20-17(18(24)26)25-8-5-15(6-9-25)22-19(27)23-16-12-13(2)11-14(3)21-16/h7,10-12,15H,4-6,8-9H2,1-3H3,(H2,21,22,23,27). The molecule has 0 aliphatic carbocycles. The fourth-order valence-corrected chi connectivity index (χ4v) is 3.38. The Morgan fingerprint density at radius 1 is 1.26 bits per heavy atom. The molecule has 0 aromatic carbocycles. The first-order valence-electron chi connectivity index (χ1n) is 9.29. The predicted octanol–water partition coefficient (Wildman–Crippen LogP) is 2.07. The molecule has 2 aromatic heterocycles. The van der Waals surface area contributed by atoms with Crippen LogP contribution in [0.1, 0.15) is 31.0 Å². The SMILES string of the molecule is CCn1ccnc(N2CCC(NC(=O)Nc3cc(C)cc(C)n3)CC2)c1=O. The van der Waals surface area contributed by atoms with Gasteiger partial charge < -0.3 is 14.8 Å². The molecule has 3 rings (SSSR count). The van der Waals surface area contributed by atoms with Crippen molar-refractivity contribution in [2.75, 3.05) is 23.3 Å². The first-order valence-corrected chi connectivity index (χ1v) is 9.29. The van der Waals surface area contributed by atoms with Gasteiger partial charge in [-0.3, -0.25) is 10.1 Å². The number of nitrogens with one attached hydrogen (secondary N) is 2. The highest BCUT2D eigenvalue weighted by molar-refractivity contribution is 5.88. The van der Waals surface area contributed by atoms with Crippen molar-refractivity contribution in [3.63, 3.8) is 0 Å². The van der Waals surface area contributed by atoms with Crippen LogP contribution in [0, 0.1) is 13.8 Å². The lowest BCUT2D eigenvalue weighted by molar-refractivity contribution is 0.246. The van der Waals surface area contributed by atoms with Crippen LogP contribution in [-0.2, 0) is 6.54 Å². The monoisotopic (exact) mass is 370 g/mol. The molecule has 1 fully saturated rings. The predicted molar refractivity (Wildman–Crippen MR) is 105 cm³/mol. The van der Waals surface area contributed by atoms with Crippen molar-refractivity contribution in [1.82, 2.24) is 19.9 Å². The van der Waals surface area contributed by atoms with Crippen LogP contribution in [0.15, 0.2) is 29.3 Å². The number of aromatic nitrogens is 3. The zero-order valence-electron chi connectivity index (χ0n) is 16.0. The number of carbonyl (C=O) groups excluding carboxylic acids is 1. The van der Waals surface area contributed by atoms with E-state index in [-0.39, 0.29) is 17.6 Å². The van der Waals surface area contributed by atoms with Gasteiger partial charge in [-0.15, -0.1) is 0 Å². The highest BCUT2D eigenvalue weighted by Crippen LogP contribution is 2.15. The summed E-state index contributed by atoms with van der Waals surface area (Å²) in [6, 6.07) is 3.61. The summed E-state index contributed by atoms with van der Waals surface area (Å²) in [6.45, 7) is 7.79. The van der Waals surface area contributed by atoms with Crippen LogP contribution in [0.4, 0.5) is 16.4 Å². The molecule has 0 saturated carbocycles. The summed E-state index contributed by atoms with van der Waals surface area (Å²) < 4.78 is 1.65. The van der Waals surface area contributed by atoms with Crippen LogP contribution in [0.2, 0.25) is 0 Å². The molecule has 2 amide bonds. The van der Waals surface area contributed by atoms with E-state index < -0.39 is 0 Å². The van der Waals surface area contributed by atoms with E-state index in [9.17, 15) is 9.59 Å². The maximum atomic E-state index is 12.4. The molecule has 1 aliphatic rings. The lowest BCUT2D eigenvalue weighted by atomic mass is 10.1. The second-order valence-electron chi connectivity index (χ2n) is 6.87. The molecule has 3 heterocycles. The van der Waals surface area contributed by atoms with E-state index in [2.05, 4.69) is 20.6 Å². The minimum Gasteiger partial charge on any atom is -0.352 e. The van der Waals surface area contributed by atoms with E-state index in [1.807, 2.05) is 37.8 Å². The zero-order chi connectivity index (χ0) is 19.4. The van der Waals surface area contributed by atoms with E-state index in [4.69, 9.17) is 0 Å². The number of amides is 2. The first-order chi connectivity index (χ1) is 13.0. The number of anilines is 2. The van der Waals surface area contributed by atoms with Gasteiger partial charge >= 0.3 is 6.03 Å². The molecule has 0 radical (unpaired) electrons. The second kappa shape index (κ2) is 8.20. The Balaban J connectivity index is 1.55. The highest BCUT2D eigenvalue weighted by Gasteiger charge is 2.23. The lowest BCUT2D eigenvalue weighted by Crippen LogP contribution is -2.47. The third-order valence-electron chi connectivity index (χ3n) is 4.71. The Hall–Kier alpha value is -2.90. The summed E-state index contributed by atoms with van der Waals surface area (Å²) in [7, 11) is 0. The van der Waals surface area contributed by atoms with Gasteiger partial charge in [0.15, 0.2) is 5.82 Å². The number of piperidine rings is 1. The van der Waals surface area contributed by atoms with Gasteiger partial charge in [-0.2, -0.15) is 0 Å². The van der Waals surface area contributed by atoms with Crippen LogP contribution < -0.4 is 21.1 Å². The minimum absolute atomic E-state index is 0.0595. The maximum absolute atomic E-state index is 12.4. The Kier molecular flexibility index (Phi) is 5.73. The van der Waals surface area contributed by atoms with E-state index in [0.717, 1.165) is 24.1 Å². The fourth-order valence-electron chi connectivity index (χ4n) is 3.38. The van der Waals surface area contributed by atoms with Gasteiger partial charge in [-0.1, -0.05) is 0 Å². The number of rotatable bonds is 4. The van der Waals surface area contributed by atoms with Crippen LogP contribution in [0.5, 0.6) is 0 Å². The number of carbonyl (C=O) groups is 1. The maximum Gasteiger partial charge on any atom is 0.320 e. The van der Waals surface area contributed by atoms with Crippen molar-refractivity contribution in [2.45, 2.75) is 46.2 Å². The molecule has 2 aromatic rings. The molecule has 0 bridgehead atoms. The molecular formula is C19H26N6O2. The van der Waals surface area contributed by atoms with Crippen molar-refractivity contribution >= 4 is 17.7 Å². The van der Waals surface area contributed by atoms with Gasteiger partial charge in [0, 0.05) is 43.8 Å². The molecule has 144 valence electrons. The summed E-state index contributed by atoms with van der Waals surface area (Å²) in [6.07, 6.45) is 4.88. The van der Waals surface area contributed by atoms with Crippen molar-refractivity contribution in [3.05, 3.63) is 46.1 Å². The zero-order valence-corrected chi connectivity index (χ0v) is 16.0. The summed E-state index contributed by atoms with van der Waals surface area (Å²) in [5.41, 5.74) is 1.86. The van der Waals surface area contributed by atoms with Crippen molar-refractivity contribution in [1.29, 1.82) is 0 Å². The van der Waals surface area contributed by atoms with Gasteiger partial charge in [0.2, 0.25) is 0 Å². The fraction of sp³-hybridized carbons (Fsp3) is 0.474. The Morgan fingerprint density at radius 3 is 2.67 bits per heavy atom. The normalized spacial score (nSPS) is 14.9. The number of hydrogen-bond donors (Lipinski definition) is 2. The number of urea groups is 1. The van der Waals surface area contributed by atoms with Crippen LogP contribution in [-0.4, -0.2) is 39.7 Å². The Bertz CT molecular complexity index is 850. The largest absolute Gasteiger partial charge is 0.352 e. The topological polar surface area (TPSA) is 92.2 Å². The molecule has 0 unspecified atom stereocenters. The summed E-state index contributed by atoms with van der Waals surface area (Å²) in [5, 5.41) is 5.79. The Labute approximate surface area is 158 Å². The van der Waals surface area contributed by atoms with Crippen LogP contribution >= 0.6 is 0 Å². The molecule has 27 heavy (non-hydrogen) atoms. The highest BCUT2D eigenvalue weighted by atomic mass is 16.2. The smallest absolute Gasteiger partial charge is 0.320 e. The number of hydrogen-bond acceptors (Lipinski definition) is 5. The second-order valence-corrected chi connectivity index (χ2v) is 6.87. The van der Waals surface area contributed by atoms with E-state index in [1.165, 1.54) is 0 Å². The van der Waals surface area contributed by atoms with Crippen LogP contribution in [0.25, 0.3) is 0 Å². The van der Waals surface area contributed by atoms with Gasteiger partial charge in [-0.25, -0.2) is 14.8 Å². The molecule has 0 spiro atoms. The van der Waals surface area contributed by atoms with E-state index >= 15 is 0 Å². The van der Waals surface area contributed by atoms with Crippen molar-refractivity contribution < 1.29 is 4.79 Å². The number of aryl methyl sites for hydroxylation is 3. The lowest BCUT2D eigenvalue weighted by Gasteiger charge is -2.32. The summed E-state index contributed by atoms with van der Waals surface area (Å²) in [4.78, 5) is 35.2. The molecule has 0 atom stereocenters. The summed E-state index contributed by atoms with van der Waals surface area (Å²) >= 11 is 0. The third-order valence-corrected chi connectivity index (χ3v) is 4.71. The van der Waals surface area contributed by atoms with Crippen molar-refractivity contribution in [2.24, 2.45) is 0 Å². The van der Waals surface area contributed by atoms with E-state index in [0.29, 0.717) is 31.3 Å². The van der Waals surface area contributed by atoms with Crippen molar-refractivity contribution in [3.8, 4) is 0 Å². The summed E-state index contributed by atoms with van der Waals surface area (Å²) in [5.74, 6) is 1.04. The molecule has 8 nitrogen and oxygen atoms in total. The molecular weight excluding hydrogens is 344 g/mol. The third kappa shape index (κ3) is 4.64. The molecule has 8 heteroatoms. The molecule has 2 N–H and O–H groups in total. The van der Waals surface area contributed by atoms with E-state index in [1.54, 1.807) is 17.0 Å². The quantitative estimate of drug-likeness (QED) is 0.859. The molecule has 1 aliphatic heterocycles. The Morgan fingerprint density at radius 2 is 2.00 bits per heavy atom. The average Bonchev–Trinajstić information content (AvgIpc) is 2.62.